The Balaban J connectivity index is 2.33. The Morgan fingerprint density at radius 3 is 2.00 bits per heavy atom. The van der Waals surface area contributed by atoms with Crippen LogP contribution in [0, 0.1) is 51.7 Å². The molecule has 1 saturated carbocycles. The van der Waals surface area contributed by atoms with Gasteiger partial charge in [-0.1, -0.05) is 29.8 Å². The van der Waals surface area contributed by atoms with Gasteiger partial charge in [0.15, 0.2) is 5.41 Å². The summed E-state index contributed by atoms with van der Waals surface area (Å²) in [6.07, 6.45) is 0. The number of imide groups is 2. The lowest BCUT2D eigenvalue weighted by Gasteiger charge is -2.23. The number of nitrogens with zero attached hydrogens (tertiary/aromatic N) is 3. The van der Waals surface area contributed by atoms with Gasteiger partial charge in [-0.15, -0.1) is 0 Å². The maximum atomic E-state index is 12.7. The van der Waals surface area contributed by atoms with E-state index >= 15 is 0 Å². The first-order chi connectivity index (χ1) is 12.8. The first-order valence-corrected chi connectivity index (χ1v) is 7.76. The maximum absolute atomic E-state index is 12.7. The highest BCUT2D eigenvalue weighted by molar-refractivity contribution is 6.24. The van der Waals surface area contributed by atoms with Gasteiger partial charge in [-0.2, -0.15) is 15.8 Å². The van der Waals surface area contributed by atoms with E-state index in [1.54, 1.807) is 36.4 Å². The predicted molar refractivity (Wildman–Crippen MR) is 88.5 cm³/mol. The Kier molecular flexibility index (Phi) is 3.72. The summed E-state index contributed by atoms with van der Waals surface area (Å²) >= 11 is 0. The SMILES string of the molecule is Cc1ccc([C@H]2C3(C(=O)NC(=O)NC3=O)[C@]2(C#N)C(N)=C(C#N)C#N)cc1. The van der Waals surface area contributed by atoms with Crippen molar-refractivity contribution in [2.24, 2.45) is 16.6 Å². The van der Waals surface area contributed by atoms with E-state index in [2.05, 4.69) is 0 Å². The summed E-state index contributed by atoms with van der Waals surface area (Å²) in [5.41, 5.74) is 2.25. The second-order valence-corrected chi connectivity index (χ2v) is 6.32. The van der Waals surface area contributed by atoms with E-state index in [0.717, 1.165) is 5.56 Å². The summed E-state index contributed by atoms with van der Waals surface area (Å²) in [5.74, 6) is -3.07. The number of allylic oxidation sites excluding steroid dienone is 2. The normalized spacial score (nSPS) is 24.7. The number of nitriles is 3. The van der Waals surface area contributed by atoms with Crippen molar-refractivity contribution in [2.75, 3.05) is 0 Å². The molecule has 1 aromatic rings. The molecule has 1 aliphatic carbocycles. The van der Waals surface area contributed by atoms with Crippen LogP contribution in [0.25, 0.3) is 0 Å². The van der Waals surface area contributed by atoms with Gasteiger partial charge in [0.1, 0.15) is 23.1 Å². The minimum atomic E-state index is -2.06. The zero-order valence-corrected chi connectivity index (χ0v) is 14.0. The van der Waals surface area contributed by atoms with Crippen LogP contribution in [0.15, 0.2) is 35.5 Å². The highest BCUT2D eigenvalue weighted by Gasteiger charge is 2.88. The summed E-state index contributed by atoms with van der Waals surface area (Å²) in [5, 5.41) is 32.2. The molecule has 9 heteroatoms. The molecular weight excluding hydrogens is 348 g/mol. The molecule has 1 aliphatic heterocycles. The van der Waals surface area contributed by atoms with Crippen LogP contribution in [0.4, 0.5) is 4.79 Å². The van der Waals surface area contributed by atoms with Gasteiger partial charge in [-0.25, -0.2) is 4.79 Å². The summed E-state index contributed by atoms with van der Waals surface area (Å²) in [4.78, 5) is 37.0. The number of urea groups is 1. The highest BCUT2D eigenvalue weighted by atomic mass is 16.2. The minimum Gasteiger partial charge on any atom is -0.399 e. The fourth-order valence-electron chi connectivity index (χ4n) is 3.82. The van der Waals surface area contributed by atoms with Crippen molar-refractivity contribution in [1.29, 1.82) is 15.8 Å². The van der Waals surface area contributed by atoms with E-state index < -0.39 is 45.9 Å². The third-order valence-electron chi connectivity index (χ3n) is 5.08. The molecule has 2 aliphatic rings. The molecule has 9 nitrogen and oxygen atoms in total. The summed E-state index contributed by atoms with van der Waals surface area (Å²) in [6, 6.07) is 10.7. The van der Waals surface area contributed by atoms with Gasteiger partial charge in [-0.05, 0) is 12.5 Å². The molecule has 0 unspecified atom stereocenters. The number of rotatable bonds is 2. The molecule has 1 aromatic carbocycles. The lowest BCUT2D eigenvalue weighted by atomic mass is 9.86. The number of nitrogens with one attached hydrogen (secondary N) is 2. The number of amides is 4. The highest BCUT2D eigenvalue weighted by Crippen LogP contribution is 2.77. The molecule has 132 valence electrons. The van der Waals surface area contributed by atoms with Crippen molar-refractivity contribution < 1.29 is 14.4 Å². The summed E-state index contributed by atoms with van der Waals surface area (Å²) < 4.78 is 0. The topological polar surface area (TPSA) is 173 Å². The molecule has 2 atom stereocenters. The van der Waals surface area contributed by atoms with Crippen LogP contribution in [0.1, 0.15) is 17.0 Å². The number of carbonyl (C=O) groups is 3. The zero-order chi connectivity index (χ0) is 20.0. The van der Waals surface area contributed by atoms with Crippen molar-refractivity contribution in [2.45, 2.75) is 12.8 Å². The van der Waals surface area contributed by atoms with Crippen LogP contribution in [0.5, 0.6) is 0 Å². The van der Waals surface area contributed by atoms with Crippen molar-refractivity contribution in [3.05, 3.63) is 46.7 Å². The van der Waals surface area contributed by atoms with Crippen LogP contribution < -0.4 is 16.4 Å². The largest absolute Gasteiger partial charge is 0.399 e. The molecule has 2 fully saturated rings. The van der Waals surface area contributed by atoms with Gasteiger partial charge in [-0.3, -0.25) is 20.2 Å². The number of hydrogen-bond donors (Lipinski definition) is 3. The molecule has 0 radical (unpaired) electrons. The number of nitrogens with two attached hydrogens (primary N) is 1. The zero-order valence-electron chi connectivity index (χ0n) is 14.0. The molecular formula is C18H12N6O3. The fraction of sp³-hybridized carbons (Fsp3) is 0.222. The van der Waals surface area contributed by atoms with Crippen LogP contribution in [-0.4, -0.2) is 17.8 Å². The van der Waals surface area contributed by atoms with Crippen molar-refractivity contribution >= 4 is 17.8 Å². The minimum absolute atomic E-state index is 0.444. The Morgan fingerprint density at radius 1 is 1.04 bits per heavy atom. The van der Waals surface area contributed by atoms with E-state index in [4.69, 9.17) is 16.3 Å². The third-order valence-corrected chi connectivity index (χ3v) is 5.08. The van der Waals surface area contributed by atoms with Crippen LogP contribution in [0.2, 0.25) is 0 Å². The summed E-state index contributed by atoms with van der Waals surface area (Å²) in [7, 11) is 0. The smallest absolute Gasteiger partial charge is 0.328 e. The van der Waals surface area contributed by atoms with Gasteiger partial charge in [0.05, 0.1) is 11.8 Å². The lowest BCUT2D eigenvalue weighted by molar-refractivity contribution is -0.139. The van der Waals surface area contributed by atoms with E-state index in [1.165, 1.54) is 0 Å². The lowest BCUT2D eigenvalue weighted by Crippen LogP contribution is -2.59. The number of barbiturate groups is 1. The summed E-state index contributed by atoms with van der Waals surface area (Å²) in [6.45, 7) is 1.83. The first-order valence-electron chi connectivity index (χ1n) is 7.76. The second kappa shape index (κ2) is 5.69. The van der Waals surface area contributed by atoms with Crippen molar-refractivity contribution in [1.82, 2.24) is 10.6 Å². The molecule has 1 spiro atoms. The molecule has 3 rings (SSSR count). The molecule has 1 heterocycles. The average Bonchev–Trinajstić information content (AvgIpc) is 3.27. The van der Waals surface area contributed by atoms with Crippen LogP contribution >= 0.6 is 0 Å². The van der Waals surface area contributed by atoms with Gasteiger partial charge < -0.3 is 5.73 Å². The molecule has 4 amide bonds. The number of carbonyl (C=O) groups excluding carboxylic acids is 3. The maximum Gasteiger partial charge on any atom is 0.328 e. The monoisotopic (exact) mass is 360 g/mol. The van der Waals surface area contributed by atoms with E-state index in [-0.39, 0.29) is 0 Å². The quantitative estimate of drug-likeness (QED) is 0.499. The predicted octanol–water partition coefficient (Wildman–Crippen LogP) is 0.215. The number of hydrogen-bond acceptors (Lipinski definition) is 7. The number of benzene rings is 1. The Labute approximate surface area is 153 Å². The van der Waals surface area contributed by atoms with Crippen molar-refractivity contribution in [3.63, 3.8) is 0 Å². The van der Waals surface area contributed by atoms with Crippen molar-refractivity contribution in [3.8, 4) is 18.2 Å². The standard InChI is InChI=1S/C18H12N6O3/c1-9-2-4-10(5-3-9)12-17(8-21,13(22)11(6-19)7-20)18(12)14(25)23-16(27)24-15(18)26/h2-5,12H,22H2,1H3,(H2,23,24,25,26,27)/t12-,17+/m1/s1. The fourth-order valence-corrected chi connectivity index (χ4v) is 3.82. The van der Waals surface area contributed by atoms with E-state index in [1.807, 2.05) is 23.6 Å². The van der Waals surface area contributed by atoms with Gasteiger partial charge in [0.25, 0.3) is 0 Å². The van der Waals surface area contributed by atoms with E-state index in [0.29, 0.717) is 5.56 Å². The Morgan fingerprint density at radius 2 is 1.56 bits per heavy atom. The molecule has 1 saturated heterocycles. The second-order valence-electron chi connectivity index (χ2n) is 6.32. The Bertz CT molecular complexity index is 1010. The molecule has 0 bridgehead atoms. The van der Waals surface area contributed by atoms with Gasteiger partial charge in [0, 0.05) is 5.92 Å². The number of aryl methyl sites for hydroxylation is 1. The van der Waals surface area contributed by atoms with E-state index in [9.17, 15) is 19.6 Å². The molecule has 0 aromatic heterocycles. The first kappa shape index (κ1) is 17.7. The van der Waals surface area contributed by atoms with Crippen LogP contribution in [0.3, 0.4) is 0 Å². The van der Waals surface area contributed by atoms with Gasteiger partial charge in [0.2, 0.25) is 11.8 Å². The third kappa shape index (κ3) is 1.98. The molecule has 27 heavy (non-hydrogen) atoms. The van der Waals surface area contributed by atoms with Crippen LogP contribution in [-0.2, 0) is 9.59 Å². The Hall–Kier alpha value is -4.16. The van der Waals surface area contributed by atoms with Gasteiger partial charge >= 0.3 is 6.03 Å². The average molecular weight is 360 g/mol. The molecule has 4 N–H and O–H groups in total.